The molecule has 3 nitrogen and oxygen atoms in total. The third-order valence-electron chi connectivity index (χ3n) is 2.94. The fourth-order valence-corrected chi connectivity index (χ4v) is 2.59. The minimum Gasteiger partial charge on any atom is -0.389 e. The molecule has 19 heavy (non-hydrogen) atoms. The lowest BCUT2D eigenvalue weighted by atomic mass is 10.1. The maximum Gasteiger partial charge on any atom is 0.106 e. The van der Waals surface area contributed by atoms with Crippen LogP contribution in [0.3, 0.4) is 0 Å². The normalized spacial score (nSPS) is 10.8. The van der Waals surface area contributed by atoms with E-state index in [2.05, 4.69) is 20.9 Å². The Labute approximate surface area is 124 Å². The zero-order chi connectivity index (χ0) is 13.4. The van der Waals surface area contributed by atoms with E-state index in [0.29, 0.717) is 4.99 Å². The summed E-state index contributed by atoms with van der Waals surface area (Å²) in [6, 6.07) is 13.8. The summed E-state index contributed by atoms with van der Waals surface area (Å²) in [4.78, 5) is 4.76. The summed E-state index contributed by atoms with van der Waals surface area (Å²) in [5.41, 5.74) is 9.53. The predicted molar refractivity (Wildman–Crippen MR) is 84.7 cm³/mol. The molecule has 0 aliphatic rings. The van der Waals surface area contributed by atoms with Crippen LogP contribution in [0.4, 0.5) is 0 Å². The molecule has 0 saturated carbocycles. The summed E-state index contributed by atoms with van der Waals surface area (Å²) in [6.07, 6.45) is 1.79. The van der Waals surface area contributed by atoms with Gasteiger partial charge in [-0.1, -0.05) is 40.3 Å². The van der Waals surface area contributed by atoms with Gasteiger partial charge in [0, 0.05) is 10.0 Å². The monoisotopic (exact) mass is 331 g/mol. The van der Waals surface area contributed by atoms with E-state index in [4.69, 9.17) is 18.0 Å². The predicted octanol–water partition coefficient (Wildman–Crippen LogP) is 3.42. The van der Waals surface area contributed by atoms with Crippen LogP contribution >= 0.6 is 28.1 Å². The van der Waals surface area contributed by atoms with Crippen LogP contribution in [0.5, 0.6) is 0 Å². The molecule has 1 heterocycles. The lowest BCUT2D eigenvalue weighted by molar-refractivity contribution is 1.09. The van der Waals surface area contributed by atoms with Crippen molar-refractivity contribution < 1.29 is 0 Å². The molecule has 0 radical (unpaired) electrons. The van der Waals surface area contributed by atoms with Gasteiger partial charge in [-0.3, -0.25) is 4.57 Å². The van der Waals surface area contributed by atoms with Crippen LogP contribution in [0.15, 0.2) is 53.3 Å². The van der Waals surface area contributed by atoms with E-state index in [1.807, 2.05) is 47.0 Å². The zero-order valence-electron chi connectivity index (χ0n) is 9.88. The molecule has 0 atom stereocenters. The Morgan fingerprint density at radius 1 is 1.21 bits per heavy atom. The first-order valence-electron chi connectivity index (χ1n) is 5.68. The van der Waals surface area contributed by atoms with Gasteiger partial charge in [0.15, 0.2) is 0 Å². The maximum absolute atomic E-state index is 5.80. The topological polar surface area (TPSA) is 43.8 Å². The molecule has 0 aliphatic carbocycles. The molecular formula is C14H10BrN3S. The average Bonchev–Trinajstić information content (AvgIpc) is 2.82. The highest BCUT2D eigenvalue weighted by Gasteiger charge is 2.10. The number of hydrogen-bond donors (Lipinski definition) is 1. The highest BCUT2D eigenvalue weighted by molar-refractivity contribution is 9.10. The summed E-state index contributed by atoms with van der Waals surface area (Å²) < 4.78 is 2.97. The Balaban J connectivity index is 2.32. The minimum atomic E-state index is 0.375. The van der Waals surface area contributed by atoms with Crippen LogP contribution in [-0.4, -0.2) is 14.5 Å². The third-order valence-corrected chi connectivity index (χ3v) is 3.65. The zero-order valence-corrected chi connectivity index (χ0v) is 12.3. The molecule has 0 spiro atoms. The second-order valence-corrected chi connectivity index (χ2v) is 5.48. The number of rotatable bonds is 2. The Hall–Kier alpha value is -1.72. The lowest BCUT2D eigenvalue weighted by Crippen LogP contribution is -2.13. The molecular weight excluding hydrogens is 322 g/mol. The second-order valence-electron chi connectivity index (χ2n) is 4.13. The van der Waals surface area contributed by atoms with Crippen LogP contribution < -0.4 is 5.73 Å². The summed E-state index contributed by atoms with van der Waals surface area (Å²) in [6.45, 7) is 0. The van der Waals surface area contributed by atoms with E-state index in [0.717, 1.165) is 26.8 Å². The molecule has 2 aromatic carbocycles. The molecule has 2 N–H and O–H groups in total. The largest absolute Gasteiger partial charge is 0.389 e. The van der Waals surface area contributed by atoms with Crippen molar-refractivity contribution in [3.05, 3.63) is 58.8 Å². The Bertz CT molecular complexity index is 779. The van der Waals surface area contributed by atoms with Crippen LogP contribution in [0.2, 0.25) is 0 Å². The summed E-state index contributed by atoms with van der Waals surface area (Å²) in [5.74, 6) is 0. The molecule has 5 heteroatoms. The van der Waals surface area contributed by atoms with Crippen molar-refractivity contribution in [3.63, 3.8) is 0 Å². The fraction of sp³-hybridized carbons (Fsp3) is 0. The van der Waals surface area contributed by atoms with E-state index >= 15 is 0 Å². The number of fused-ring (bicyclic) bond motifs is 1. The Kier molecular flexibility index (Phi) is 3.08. The van der Waals surface area contributed by atoms with Gasteiger partial charge in [0.05, 0.1) is 16.7 Å². The van der Waals surface area contributed by atoms with Gasteiger partial charge in [0.2, 0.25) is 0 Å². The van der Waals surface area contributed by atoms with E-state index < -0.39 is 0 Å². The number of aromatic nitrogens is 2. The van der Waals surface area contributed by atoms with Crippen LogP contribution in [0.1, 0.15) is 5.56 Å². The van der Waals surface area contributed by atoms with E-state index in [1.54, 1.807) is 6.33 Å². The van der Waals surface area contributed by atoms with Gasteiger partial charge in [0.1, 0.15) is 11.3 Å². The number of benzene rings is 2. The van der Waals surface area contributed by atoms with Gasteiger partial charge >= 0.3 is 0 Å². The number of halogens is 1. The Morgan fingerprint density at radius 3 is 2.79 bits per heavy atom. The summed E-state index contributed by atoms with van der Waals surface area (Å²) in [5, 5.41) is 0. The molecule has 0 amide bonds. The van der Waals surface area contributed by atoms with Gasteiger partial charge in [-0.15, -0.1) is 0 Å². The molecule has 0 aliphatic heterocycles. The first-order valence-corrected chi connectivity index (χ1v) is 6.89. The van der Waals surface area contributed by atoms with Crippen LogP contribution in [0, 0.1) is 0 Å². The van der Waals surface area contributed by atoms with Crippen molar-refractivity contribution in [2.75, 3.05) is 0 Å². The average molecular weight is 332 g/mol. The van der Waals surface area contributed by atoms with Crippen molar-refractivity contribution in [1.29, 1.82) is 0 Å². The van der Waals surface area contributed by atoms with Gasteiger partial charge in [0.25, 0.3) is 0 Å². The van der Waals surface area contributed by atoms with Gasteiger partial charge in [-0.25, -0.2) is 4.98 Å². The van der Waals surface area contributed by atoms with Crippen molar-refractivity contribution in [2.45, 2.75) is 0 Å². The van der Waals surface area contributed by atoms with Crippen molar-refractivity contribution in [2.24, 2.45) is 5.73 Å². The maximum atomic E-state index is 5.80. The number of hydrogen-bond acceptors (Lipinski definition) is 2. The number of nitrogens with two attached hydrogens (primary N) is 1. The molecule has 3 rings (SSSR count). The van der Waals surface area contributed by atoms with Gasteiger partial charge < -0.3 is 5.73 Å². The van der Waals surface area contributed by atoms with Gasteiger partial charge in [-0.05, 0) is 30.3 Å². The lowest BCUT2D eigenvalue weighted by Gasteiger charge is -2.10. The SMILES string of the molecule is NC(=S)c1ccc(Br)cc1-n1cnc2ccccc21. The first-order chi connectivity index (χ1) is 9.16. The van der Waals surface area contributed by atoms with Crippen LogP contribution in [-0.2, 0) is 0 Å². The number of nitrogens with zero attached hydrogens (tertiary/aromatic N) is 2. The fourth-order valence-electron chi connectivity index (χ4n) is 2.06. The molecule has 3 aromatic rings. The minimum absolute atomic E-state index is 0.375. The molecule has 94 valence electrons. The number of thiocarbonyl (C=S) groups is 1. The summed E-state index contributed by atoms with van der Waals surface area (Å²) in [7, 11) is 0. The van der Waals surface area contributed by atoms with E-state index in [-0.39, 0.29) is 0 Å². The van der Waals surface area contributed by atoms with Crippen LogP contribution in [0.25, 0.3) is 16.7 Å². The standard InChI is InChI=1S/C14H10BrN3S/c15-9-5-6-10(14(16)19)13(7-9)18-8-17-11-3-1-2-4-12(11)18/h1-8H,(H2,16,19). The van der Waals surface area contributed by atoms with E-state index in [9.17, 15) is 0 Å². The third kappa shape index (κ3) is 2.15. The van der Waals surface area contributed by atoms with E-state index in [1.165, 1.54) is 0 Å². The molecule has 0 unspecified atom stereocenters. The quantitative estimate of drug-likeness (QED) is 0.732. The molecule has 0 fully saturated rings. The van der Waals surface area contributed by atoms with Crippen molar-refractivity contribution >= 4 is 44.2 Å². The summed E-state index contributed by atoms with van der Waals surface area (Å²) >= 11 is 8.60. The van der Waals surface area contributed by atoms with Crippen molar-refractivity contribution in [1.82, 2.24) is 9.55 Å². The number of para-hydroxylation sites is 2. The Morgan fingerprint density at radius 2 is 2.00 bits per heavy atom. The highest BCUT2D eigenvalue weighted by Crippen LogP contribution is 2.24. The molecule has 0 saturated heterocycles. The molecule has 0 bridgehead atoms. The smallest absolute Gasteiger partial charge is 0.106 e. The highest BCUT2D eigenvalue weighted by atomic mass is 79.9. The number of imidazole rings is 1. The second kappa shape index (κ2) is 4.75. The first kappa shape index (κ1) is 12.3. The molecule has 1 aromatic heterocycles. The van der Waals surface area contributed by atoms with Crippen molar-refractivity contribution in [3.8, 4) is 5.69 Å². The van der Waals surface area contributed by atoms with Gasteiger partial charge in [-0.2, -0.15) is 0 Å².